The summed E-state index contributed by atoms with van der Waals surface area (Å²) in [6, 6.07) is 4.16. The summed E-state index contributed by atoms with van der Waals surface area (Å²) in [5.41, 5.74) is 2.79. The molecule has 14 heavy (non-hydrogen) atoms. The summed E-state index contributed by atoms with van der Waals surface area (Å²) >= 11 is 0. The molecule has 1 aromatic carbocycles. The summed E-state index contributed by atoms with van der Waals surface area (Å²) < 4.78 is 10.4. The van der Waals surface area contributed by atoms with E-state index in [9.17, 15) is 0 Å². The van der Waals surface area contributed by atoms with Crippen molar-refractivity contribution >= 4 is 0 Å². The fourth-order valence-corrected chi connectivity index (χ4v) is 1.88. The number of rotatable bonds is 2. The Kier molecular flexibility index (Phi) is 3.01. The highest BCUT2D eigenvalue weighted by Crippen LogP contribution is 2.41. The Morgan fingerprint density at radius 1 is 1.14 bits per heavy atom. The molecule has 1 aromatic rings. The van der Waals surface area contributed by atoms with Gasteiger partial charge in [0.2, 0.25) is 0 Å². The Balaban J connectivity index is 0.000000980. The van der Waals surface area contributed by atoms with Gasteiger partial charge in [-0.1, -0.05) is 6.92 Å². The van der Waals surface area contributed by atoms with Gasteiger partial charge in [0, 0.05) is 0 Å². The van der Waals surface area contributed by atoms with Crippen molar-refractivity contribution in [3.63, 3.8) is 0 Å². The first-order valence-electron chi connectivity index (χ1n) is 4.51. The molecule has 0 saturated carbocycles. The second-order valence-electron chi connectivity index (χ2n) is 3.51. The highest BCUT2D eigenvalue weighted by molar-refractivity contribution is 5.52. The van der Waals surface area contributed by atoms with E-state index in [0.717, 1.165) is 17.9 Å². The molecule has 0 bridgehead atoms. The monoisotopic (exact) mass is 195 g/mol. The van der Waals surface area contributed by atoms with Crippen LogP contribution in [0, 0.1) is 0 Å². The smallest absolute Gasteiger partial charge is 0.161 e. The van der Waals surface area contributed by atoms with Crippen LogP contribution in [0.5, 0.6) is 11.5 Å². The summed E-state index contributed by atoms with van der Waals surface area (Å²) in [6.45, 7) is 2.23. The van der Waals surface area contributed by atoms with Crippen molar-refractivity contribution in [1.82, 2.24) is 6.15 Å². The van der Waals surface area contributed by atoms with Crippen molar-refractivity contribution < 1.29 is 9.47 Å². The zero-order valence-electron chi connectivity index (χ0n) is 8.96. The van der Waals surface area contributed by atoms with Crippen LogP contribution in [0.2, 0.25) is 0 Å². The molecule has 0 aromatic heterocycles. The van der Waals surface area contributed by atoms with Gasteiger partial charge >= 0.3 is 0 Å². The third-order valence-electron chi connectivity index (χ3n) is 2.70. The van der Waals surface area contributed by atoms with Crippen LogP contribution in [0.15, 0.2) is 12.1 Å². The lowest BCUT2D eigenvalue weighted by atomic mass is 9.78. The zero-order valence-corrected chi connectivity index (χ0v) is 8.96. The lowest BCUT2D eigenvalue weighted by molar-refractivity contribution is 0.352. The van der Waals surface area contributed by atoms with Crippen molar-refractivity contribution in [1.29, 1.82) is 0 Å². The lowest BCUT2D eigenvalue weighted by Gasteiger charge is -2.28. The van der Waals surface area contributed by atoms with E-state index in [-0.39, 0.29) is 6.15 Å². The average molecular weight is 195 g/mol. The molecule has 3 heteroatoms. The predicted molar refractivity (Wildman–Crippen MR) is 56.7 cm³/mol. The Morgan fingerprint density at radius 3 is 2.21 bits per heavy atom. The standard InChI is InChI=1S/C11H14O2.H3N/c1-7-4-8-5-10(12-2)11(13-3)6-9(7)8;/h5-7H,4H2,1-3H3;1H3. The summed E-state index contributed by atoms with van der Waals surface area (Å²) in [5, 5.41) is 0. The molecule has 2 rings (SSSR count). The molecular formula is C11H17NO2. The van der Waals surface area contributed by atoms with Crippen molar-refractivity contribution in [3.8, 4) is 11.5 Å². The number of hydrogen-bond acceptors (Lipinski definition) is 3. The maximum Gasteiger partial charge on any atom is 0.161 e. The number of ether oxygens (including phenoxy) is 2. The predicted octanol–water partition coefficient (Wildman–Crippen LogP) is 2.53. The van der Waals surface area contributed by atoms with E-state index in [1.165, 1.54) is 11.1 Å². The number of benzene rings is 1. The van der Waals surface area contributed by atoms with Crippen LogP contribution < -0.4 is 15.6 Å². The Hall–Kier alpha value is -1.22. The second kappa shape index (κ2) is 3.88. The van der Waals surface area contributed by atoms with E-state index in [4.69, 9.17) is 9.47 Å². The zero-order chi connectivity index (χ0) is 9.42. The minimum Gasteiger partial charge on any atom is -0.493 e. The van der Waals surface area contributed by atoms with Gasteiger partial charge in [0.15, 0.2) is 11.5 Å². The molecule has 0 fully saturated rings. The van der Waals surface area contributed by atoms with Gasteiger partial charge in [0.1, 0.15) is 0 Å². The fraction of sp³-hybridized carbons (Fsp3) is 0.455. The number of methoxy groups -OCH3 is 2. The van der Waals surface area contributed by atoms with Gasteiger partial charge in [-0.2, -0.15) is 0 Å². The van der Waals surface area contributed by atoms with Crippen molar-refractivity contribution in [3.05, 3.63) is 23.3 Å². The summed E-state index contributed by atoms with van der Waals surface area (Å²) in [4.78, 5) is 0. The molecule has 0 saturated heterocycles. The van der Waals surface area contributed by atoms with Crippen LogP contribution in [0.4, 0.5) is 0 Å². The summed E-state index contributed by atoms with van der Waals surface area (Å²) in [6.07, 6.45) is 1.16. The molecule has 3 nitrogen and oxygen atoms in total. The van der Waals surface area contributed by atoms with Gasteiger partial charge < -0.3 is 15.6 Å². The van der Waals surface area contributed by atoms with Crippen LogP contribution in [-0.4, -0.2) is 14.2 Å². The minimum absolute atomic E-state index is 0. The first-order chi connectivity index (χ1) is 6.26. The van der Waals surface area contributed by atoms with Gasteiger partial charge in [0.05, 0.1) is 14.2 Å². The molecule has 0 spiro atoms. The van der Waals surface area contributed by atoms with E-state index >= 15 is 0 Å². The summed E-state index contributed by atoms with van der Waals surface area (Å²) in [7, 11) is 3.35. The third kappa shape index (κ3) is 1.44. The van der Waals surface area contributed by atoms with Crippen molar-refractivity contribution in [2.45, 2.75) is 19.3 Å². The first-order valence-corrected chi connectivity index (χ1v) is 4.51. The quantitative estimate of drug-likeness (QED) is 0.788. The van der Waals surface area contributed by atoms with Gasteiger partial charge in [-0.3, -0.25) is 0 Å². The van der Waals surface area contributed by atoms with Gasteiger partial charge in [0.25, 0.3) is 0 Å². The molecule has 1 aliphatic rings. The molecule has 0 radical (unpaired) electrons. The van der Waals surface area contributed by atoms with E-state index in [0.29, 0.717) is 5.92 Å². The molecule has 1 unspecified atom stereocenters. The normalized spacial score (nSPS) is 17.5. The average Bonchev–Trinajstić information content (AvgIpc) is 2.15. The topological polar surface area (TPSA) is 53.5 Å². The molecule has 3 N–H and O–H groups in total. The maximum atomic E-state index is 5.23. The van der Waals surface area contributed by atoms with Crippen molar-refractivity contribution in [2.24, 2.45) is 0 Å². The van der Waals surface area contributed by atoms with Gasteiger partial charge in [-0.25, -0.2) is 0 Å². The van der Waals surface area contributed by atoms with E-state index < -0.39 is 0 Å². The van der Waals surface area contributed by atoms with Crippen LogP contribution in [0.3, 0.4) is 0 Å². The van der Waals surface area contributed by atoms with Gasteiger partial charge in [-0.05, 0) is 35.6 Å². The third-order valence-corrected chi connectivity index (χ3v) is 2.70. The van der Waals surface area contributed by atoms with Crippen LogP contribution >= 0.6 is 0 Å². The highest BCUT2D eigenvalue weighted by atomic mass is 16.5. The van der Waals surface area contributed by atoms with Crippen molar-refractivity contribution in [2.75, 3.05) is 14.2 Å². The fourth-order valence-electron chi connectivity index (χ4n) is 1.88. The Bertz CT molecular complexity index is 336. The molecule has 78 valence electrons. The Labute approximate surface area is 84.6 Å². The minimum atomic E-state index is 0. The van der Waals surface area contributed by atoms with Crippen LogP contribution in [-0.2, 0) is 6.42 Å². The maximum absolute atomic E-state index is 5.23. The second-order valence-corrected chi connectivity index (χ2v) is 3.51. The SMILES string of the molecule is COc1cc2c(cc1OC)C(C)C2.N. The molecule has 0 heterocycles. The highest BCUT2D eigenvalue weighted by Gasteiger charge is 2.24. The molecule has 0 aliphatic heterocycles. The number of hydrogen-bond donors (Lipinski definition) is 1. The molecule has 1 aliphatic carbocycles. The lowest BCUT2D eigenvalue weighted by Crippen LogP contribution is -2.14. The van der Waals surface area contributed by atoms with E-state index in [1.54, 1.807) is 14.2 Å². The first kappa shape index (κ1) is 10.9. The number of fused-ring (bicyclic) bond motifs is 1. The van der Waals surface area contributed by atoms with Crippen LogP contribution in [0.25, 0.3) is 0 Å². The summed E-state index contributed by atoms with van der Waals surface area (Å²) in [5.74, 6) is 2.36. The van der Waals surface area contributed by atoms with Crippen LogP contribution in [0.1, 0.15) is 24.0 Å². The largest absolute Gasteiger partial charge is 0.493 e. The van der Waals surface area contributed by atoms with Gasteiger partial charge in [-0.15, -0.1) is 0 Å². The van der Waals surface area contributed by atoms with E-state index in [1.807, 2.05) is 0 Å². The Morgan fingerprint density at radius 2 is 1.71 bits per heavy atom. The molecular weight excluding hydrogens is 178 g/mol. The van der Waals surface area contributed by atoms with E-state index in [2.05, 4.69) is 19.1 Å². The molecule has 1 atom stereocenters. The molecule has 0 amide bonds.